The van der Waals surface area contributed by atoms with Gasteiger partial charge in [0.25, 0.3) is 0 Å². The summed E-state index contributed by atoms with van der Waals surface area (Å²) in [5.74, 6) is 0.787. The lowest BCUT2D eigenvalue weighted by Crippen LogP contribution is -2.35. The average Bonchev–Trinajstić information content (AvgIpc) is 2.69. The lowest BCUT2D eigenvalue weighted by atomic mass is 10.1. The zero-order valence-corrected chi connectivity index (χ0v) is 11.1. The molecular formula is C13H25N3. The molecule has 0 atom stereocenters. The molecule has 3 nitrogen and oxygen atoms in total. The van der Waals surface area contributed by atoms with E-state index in [1.54, 1.807) is 0 Å². The molecule has 0 N–H and O–H groups in total. The summed E-state index contributed by atoms with van der Waals surface area (Å²) in [7, 11) is 0. The quantitative estimate of drug-likeness (QED) is 0.708. The highest BCUT2D eigenvalue weighted by Crippen LogP contribution is 2.06. The van der Waals surface area contributed by atoms with Gasteiger partial charge in [0.15, 0.2) is 0 Å². The van der Waals surface area contributed by atoms with Gasteiger partial charge in [-0.05, 0) is 32.7 Å². The smallest absolute Gasteiger partial charge is 0.0946 e. The Hall–Kier alpha value is -0.830. The summed E-state index contributed by atoms with van der Waals surface area (Å²) in [6.45, 7) is 12.5. The lowest BCUT2D eigenvalue weighted by Gasteiger charge is -2.27. The van der Waals surface area contributed by atoms with E-state index in [0.717, 1.165) is 19.0 Å². The fraction of sp³-hybridized carbons (Fsp3) is 0.769. The van der Waals surface area contributed by atoms with E-state index in [0.29, 0.717) is 6.04 Å². The van der Waals surface area contributed by atoms with Crippen LogP contribution in [0.2, 0.25) is 0 Å². The maximum Gasteiger partial charge on any atom is 0.0946 e. The van der Waals surface area contributed by atoms with Gasteiger partial charge in [-0.2, -0.15) is 0 Å². The molecule has 0 amide bonds. The van der Waals surface area contributed by atoms with Crippen molar-refractivity contribution in [1.82, 2.24) is 14.5 Å². The van der Waals surface area contributed by atoms with E-state index in [1.165, 1.54) is 13.0 Å². The molecule has 0 aliphatic carbocycles. The van der Waals surface area contributed by atoms with Crippen LogP contribution in [0.4, 0.5) is 0 Å². The van der Waals surface area contributed by atoms with Crippen LogP contribution < -0.4 is 0 Å². The van der Waals surface area contributed by atoms with E-state index in [1.807, 2.05) is 18.7 Å². The molecular weight excluding hydrogens is 198 g/mol. The summed E-state index contributed by atoms with van der Waals surface area (Å²) in [5.41, 5.74) is 0. The van der Waals surface area contributed by atoms with Gasteiger partial charge < -0.3 is 4.57 Å². The minimum Gasteiger partial charge on any atom is -0.336 e. The number of hydrogen-bond donors (Lipinski definition) is 0. The van der Waals surface area contributed by atoms with Crippen LogP contribution in [0, 0.1) is 5.92 Å². The van der Waals surface area contributed by atoms with Crippen molar-refractivity contribution >= 4 is 0 Å². The van der Waals surface area contributed by atoms with Crippen molar-refractivity contribution in [2.75, 3.05) is 13.1 Å². The molecule has 1 heterocycles. The molecule has 1 aromatic heterocycles. The fourth-order valence-electron chi connectivity index (χ4n) is 1.72. The number of nitrogens with zero attached hydrogens (tertiary/aromatic N) is 3. The molecule has 3 heteroatoms. The molecule has 0 saturated carbocycles. The fourth-order valence-corrected chi connectivity index (χ4v) is 1.72. The standard InChI is InChI=1S/C13H25N3/c1-12(2)5-7-16(13(3)4)10-9-15-8-6-14-11-15/h6,8,11-13H,5,7,9-10H2,1-4H3. The Labute approximate surface area is 99.5 Å². The van der Waals surface area contributed by atoms with E-state index < -0.39 is 0 Å². The number of aromatic nitrogens is 2. The zero-order chi connectivity index (χ0) is 12.0. The molecule has 0 spiro atoms. The third-order valence-electron chi connectivity index (χ3n) is 2.93. The topological polar surface area (TPSA) is 21.1 Å². The highest BCUT2D eigenvalue weighted by molar-refractivity contribution is 4.75. The van der Waals surface area contributed by atoms with Crippen molar-refractivity contribution in [2.24, 2.45) is 5.92 Å². The zero-order valence-electron chi connectivity index (χ0n) is 11.1. The first-order valence-corrected chi connectivity index (χ1v) is 6.29. The van der Waals surface area contributed by atoms with Crippen molar-refractivity contribution in [3.8, 4) is 0 Å². The normalized spacial score (nSPS) is 11.9. The summed E-state index contributed by atoms with van der Waals surface area (Å²) in [4.78, 5) is 6.61. The average molecular weight is 223 g/mol. The highest BCUT2D eigenvalue weighted by atomic mass is 15.2. The molecule has 16 heavy (non-hydrogen) atoms. The molecule has 92 valence electrons. The van der Waals surface area contributed by atoms with Gasteiger partial charge in [-0.25, -0.2) is 4.98 Å². The lowest BCUT2D eigenvalue weighted by molar-refractivity contribution is 0.202. The molecule has 1 rings (SSSR count). The minimum atomic E-state index is 0.627. The highest BCUT2D eigenvalue weighted by Gasteiger charge is 2.09. The SMILES string of the molecule is CC(C)CCN(CCn1ccnc1)C(C)C. The van der Waals surface area contributed by atoms with E-state index in [9.17, 15) is 0 Å². The van der Waals surface area contributed by atoms with E-state index in [2.05, 4.69) is 42.1 Å². The predicted octanol–water partition coefficient (Wildman–Crippen LogP) is 2.64. The van der Waals surface area contributed by atoms with E-state index >= 15 is 0 Å². The largest absolute Gasteiger partial charge is 0.336 e. The van der Waals surface area contributed by atoms with Gasteiger partial charge in [-0.15, -0.1) is 0 Å². The Kier molecular flexibility index (Phi) is 5.53. The third kappa shape index (κ3) is 4.79. The van der Waals surface area contributed by atoms with Gasteiger partial charge in [-0.1, -0.05) is 13.8 Å². The summed E-state index contributed by atoms with van der Waals surface area (Å²) in [5, 5.41) is 0. The summed E-state index contributed by atoms with van der Waals surface area (Å²) in [6, 6.07) is 0.627. The van der Waals surface area contributed by atoms with Gasteiger partial charge in [-0.3, -0.25) is 4.90 Å². The first-order valence-electron chi connectivity index (χ1n) is 6.29. The Morgan fingerprint density at radius 3 is 2.44 bits per heavy atom. The van der Waals surface area contributed by atoms with Gasteiger partial charge in [0.05, 0.1) is 6.33 Å². The van der Waals surface area contributed by atoms with Crippen LogP contribution in [-0.2, 0) is 6.54 Å². The van der Waals surface area contributed by atoms with Crippen LogP contribution in [0.5, 0.6) is 0 Å². The second-order valence-corrected chi connectivity index (χ2v) is 5.11. The first kappa shape index (κ1) is 13.2. The summed E-state index contributed by atoms with van der Waals surface area (Å²) >= 11 is 0. The second kappa shape index (κ2) is 6.69. The van der Waals surface area contributed by atoms with Crippen molar-refractivity contribution in [2.45, 2.75) is 46.7 Å². The Morgan fingerprint density at radius 2 is 1.94 bits per heavy atom. The first-order chi connectivity index (χ1) is 7.59. The molecule has 0 aromatic carbocycles. The van der Waals surface area contributed by atoms with Crippen LogP contribution in [0.1, 0.15) is 34.1 Å². The maximum absolute atomic E-state index is 4.06. The van der Waals surface area contributed by atoms with Crippen LogP contribution in [-0.4, -0.2) is 33.6 Å². The Balaban J connectivity index is 2.33. The van der Waals surface area contributed by atoms with E-state index in [4.69, 9.17) is 0 Å². The molecule has 1 aromatic rings. The molecule has 0 fully saturated rings. The van der Waals surface area contributed by atoms with Gasteiger partial charge in [0, 0.05) is 31.5 Å². The van der Waals surface area contributed by atoms with Gasteiger partial charge >= 0.3 is 0 Å². The van der Waals surface area contributed by atoms with Crippen LogP contribution in [0.25, 0.3) is 0 Å². The van der Waals surface area contributed by atoms with Crippen LogP contribution in [0.3, 0.4) is 0 Å². The predicted molar refractivity (Wildman–Crippen MR) is 68.4 cm³/mol. The van der Waals surface area contributed by atoms with Crippen LogP contribution in [0.15, 0.2) is 18.7 Å². The van der Waals surface area contributed by atoms with Gasteiger partial charge in [0.2, 0.25) is 0 Å². The summed E-state index contributed by atoms with van der Waals surface area (Å²) < 4.78 is 2.14. The monoisotopic (exact) mass is 223 g/mol. The molecule has 0 aliphatic rings. The number of hydrogen-bond acceptors (Lipinski definition) is 2. The Morgan fingerprint density at radius 1 is 1.19 bits per heavy atom. The van der Waals surface area contributed by atoms with Gasteiger partial charge in [0.1, 0.15) is 0 Å². The van der Waals surface area contributed by atoms with Crippen LogP contribution >= 0.6 is 0 Å². The van der Waals surface area contributed by atoms with Crippen molar-refractivity contribution in [3.05, 3.63) is 18.7 Å². The third-order valence-corrected chi connectivity index (χ3v) is 2.93. The molecule has 0 radical (unpaired) electrons. The molecule has 0 bridgehead atoms. The molecule has 0 saturated heterocycles. The molecule has 0 aliphatic heterocycles. The van der Waals surface area contributed by atoms with E-state index in [-0.39, 0.29) is 0 Å². The number of rotatable bonds is 7. The number of imidazole rings is 1. The Bertz CT molecular complexity index is 265. The maximum atomic E-state index is 4.06. The minimum absolute atomic E-state index is 0.627. The molecule has 0 unspecified atom stereocenters. The summed E-state index contributed by atoms with van der Waals surface area (Å²) in [6.07, 6.45) is 7.04. The second-order valence-electron chi connectivity index (χ2n) is 5.11. The van der Waals surface area contributed by atoms with Crippen molar-refractivity contribution in [3.63, 3.8) is 0 Å². The van der Waals surface area contributed by atoms with Crippen molar-refractivity contribution in [1.29, 1.82) is 0 Å². The van der Waals surface area contributed by atoms with Crippen molar-refractivity contribution < 1.29 is 0 Å².